The van der Waals surface area contributed by atoms with Crippen LogP contribution >= 0.6 is 11.6 Å². The molecule has 0 aliphatic rings. The number of carbonyl (C=O) groups excluding carboxylic acids is 2. The van der Waals surface area contributed by atoms with Gasteiger partial charge in [-0.2, -0.15) is 0 Å². The first kappa shape index (κ1) is 29.2. The van der Waals surface area contributed by atoms with Crippen LogP contribution < -0.4 is 9.62 Å². The van der Waals surface area contributed by atoms with Crippen molar-refractivity contribution in [1.29, 1.82) is 0 Å². The lowest BCUT2D eigenvalue weighted by Crippen LogP contribution is -2.53. The van der Waals surface area contributed by atoms with Crippen molar-refractivity contribution >= 4 is 39.1 Å². The summed E-state index contributed by atoms with van der Waals surface area (Å²) in [7, 11) is -3.82. The van der Waals surface area contributed by atoms with Crippen molar-refractivity contribution < 1.29 is 18.0 Å². The van der Waals surface area contributed by atoms with Crippen molar-refractivity contribution in [3.8, 4) is 0 Å². The number of rotatable bonds is 11. The summed E-state index contributed by atoms with van der Waals surface area (Å²) in [6, 6.07) is 20.9. The van der Waals surface area contributed by atoms with E-state index in [2.05, 4.69) is 5.32 Å². The van der Waals surface area contributed by atoms with Gasteiger partial charge in [-0.15, -0.1) is 0 Å². The average Bonchev–Trinajstić information content (AvgIpc) is 2.86. The second-order valence-electron chi connectivity index (χ2n) is 9.24. The number of likely N-dealkylation sites (N-methyl/N-ethyl adjacent to an activating group) is 1. The van der Waals surface area contributed by atoms with Crippen molar-refractivity contribution in [2.24, 2.45) is 0 Å². The molecule has 9 heteroatoms. The summed E-state index contributed by atoms with van der Waals surface area (Å²) in [6.45, 7) is 5.54. The molecular formula is C29H34ClN3O4S. The van der Waals surface area contributed by atoms with Gasteiger partial charge in [0.1, 0.15) is 12.6 Å². The van der Waals surface area contributed by atoms with Crippen LogP contribution in [0.1, 0.15) is 29.2 Å². The van der Waals surface area contributed by atoms with E-state index in [0.29, 0.717) is 17.3 Å². The molecule has 0 aromatic heterocycles. The van der Waals surface area contributed by atoms with Crippen LogP contribution in [-0.2, 0) is 32.6 Å². The SMILES string of the molecule is CCNC(=O)[C@H](Cc1ccccc1)N(Cc1cccc(Cl)c1)C(=O)CN(c1cccc(C)c1C)S(C)(=O)=O. The van der Waals surface area contributed by atoms with E-state index in [4.69, 9.17) is 11.6 Å². The molecule has 3 aromatic rings. The molecule has 202 valence electrons. The Hall–Kier alpha value is -3.36. The van der Waals surface area contributed by atoms with Crippen molar-refractivity contribution in [3.05, 3.63) is 100 Å². The predicted molar refractivity (Wildman–Crippen MR) is 153 cm³/mol. The minimum atomic E-state index is -3.82. The van der Waals surface area contributed by atoms with Crippen molar-refractivity contribution in [2.45, 2.75) is 39.8 Å². The minimum Gasteiger partial charge on any atom is -0.355 e. The topological polar surface area (TPSA) is 86.8 Å². The van der Waals surface area contributed by atoms with Gasteiger partial charge in [0.25, 0.3) is 0 Å². The summed E-state index contributed by atoms with van der Waals surface area (Å²) in [4.78, 5) is 28.8. The second kappa shape index (κ2) is 12.9. The predicted octanol–water partition coefficient (Wildman–Crippen LogP) is 4.50. The smallest absolute Gasteiger partial charge is 0.244 e. The highest BCUT2D eigenvalue weighted by Crippen LogP contribution is 2.26. The van der Waals surface area contributed by atoms with Gasteiger partial charge in [0.05, 0.1) is 11.9 Å². The number of hydrogen-bond donors (Lipinski definition) is 1. The number of nitrogens with one attached hydrogen (secondary N) is 1. The molecule has 0 saturated carbocycles. The zero-order valence-corrected chi connectivity index (χ0v) is 23.7. The van der Waals surface area contributed by atoms with Crippen LogP contribution in [0.25, 0.3) is 0 Å². The first-order valence-electron chi connectivity index (χ1n) is 12.4. The van der Waals surface area contributed by atoms with Crippen LogP contribution in [0.15, 0.2) is 72.8 Å². The second-order valence-corrected chi connectivity index (χ2v) is 11.6. The first-order chi connectivity index (χ1) is 18.0. The molecule has 3 aromatic carbocycles. The molecule has 0 aliphatic heterocycles. The van der Waals surface area contributed by atoms with E-state index < -0.39 is 28.5 Å². The Kier molecular flexibility index (Phi) is 9.94. The number of halogens is 1. The number of carbonyl (C=O) groups is 2. The van der Waals surface area contributed by atoms with E-state index in [1.54, 1.807) is 30.3 Å². The fraction of sp³-hybridized carbons (Fsp3) is 0.310. The lowest BCUT2D eigenvalue weighted by atomic mass is 10.0. The number of sulfonamides is 1. The molecule has 0 heterocycles. The molecule has 1 N–H and O–H groups in total. The van der Waals surface area contributed by atoms with E-state index in [1.807, 2.05) is 63.2 Å². The first-order valence-corrected chi connectivity index (χ1v) is 14.6. The van der Waals surface area contributed by atoms with Crippen LogP contribution in [-0.4, -0.2) is 50.5 Å². The molecule has 0 radical (unpaired) electrons. The van der Waals surface area contributed by atoms with Crippen LogP contribution in [0, 0.1) is 13.8 Å². The zero-order chi connectivity index (χ0) is 27.9. The molecule has 7 nitrogen and oxygen atoms in total. The number of anilines is 1. The normalized spacial score (nSPS) is 12.0. The van der Waals surface area contributed by atoms with Gasteiger partial charge in [-0.05, 0) is 61.2 Å². The fourth-order valence-corrected chi connectivity index (χ4v) is 5.39. The standard InChI is InChI=1S/C29H34ClN3O4S/c1-5-31-29(35)27(18-23-12-7-6-8-13-23)32(19-24-14-10-15-25(30)17-24)28(34)20-33(38(4,36)37)26-16-9-11-21(2)22(26)3/h6-17,27H,5,18-20H2,1-4H3,(H,31,35)/t27-/m0/s1. The summed E-state index contributed by atoms with van der Waals surface area (Å²) in [6.07, 6.45) is 1.34. The Bertz CT molecular complexity index is 1380. The molecule has 3 rings (SSSR count). The molecule has 0 aliphatic carbocycles. The maximum atomic E-state index is 14.0. The van der Waals surface area contributed by atoms with Gasteiger partial charge in [-0.25, -0.2) is 8.42 Å². The Labute approximate surface area is 230 Å². The Balaban J connectivity index is 2.07. The number of amides is 2. The van der Waals surface area contributed by atoms with Crippen LogP contribution in [0.5, 0.6) is 0 Å². The number of nitrogens with zero attached hydrogens (tertiary/aromatic N) is 2. The minimum absolute atomic E-state index is 0.0818. The van der Waals surface area contributed by atoms with Gasteiger partial charge >= 0.3 is 0 Å². The number of benzene rings is 3. The van der Waals surface area contributed by atoms with Gasteiger partial charge in [0.2, 0.25) is 21.8 Å². The van der Waals surface area contributed by atoms with Gasteiger partial charge in [0, 0.05) is 24.5 Å². The van der Waals surface area contributed by atoms with Crippen LogP contribution in [0.3, 0.4) is 0 Å². The highest BCUT2D eigenvalue weighted by molar-refractivity contribution is 7.92. The third-order valence-electron chi connectivity index (χ3n) is 6.39. The Morgan fingerprint density at radius 1 is 0.947 bits per heavy atom. The van der Waals surface area contributed by atoms with Crippen LogP contribution in [0.4, 0.5) is 5.69 Å². The number of aryl methyl sites for hydroxylation is 1. The van der Waals surface area contributed by atoms with Gasteiger partial charge in [-0.3, -0.25) is 13.9 Å². The molecule has 0 spiro atoms. The van der Waals surface area contributed by atoms with Crippen molar-refractivity contribution in [3.63, 3.8) is 0 Å². The Morgan fingerprint density at radius 2 is 1.61 bits per heavy atom. The highest BCUT2D eigenvalue weighted by Gasteiger charge is 2.33. The van der Waals surface area contributed by atoms with Crippen molar-refractivity contribution in [1.82, 2.24) is 10.2 Å². The Morgan fingerprint density at radius 3 is 2.24 bits per heavy atom. The van der Waals surface area contributed by atoms with Gasteiger partial charge in [0.15, 0.2) is 0 Å². The third-order valence-corrected chi connectivity index (χ3v) is 7.75. The van der Waals surface area contributed by atoms with Crippen LogP contribution in [0.2, 0.25) is 5.02 Å². The lowest BCUT2D eigenvalue weighted by molar-refractivity contribution is -0.140. The summed E-state index contributed by atoms with van der Waals surface area (Å²) < 4.78 is 26.9. The van der Waals surface area contributed by atoms with Gasteiger partial charge < -0.3 is 10.2 Å². The lowest BCUT2D eigenvalue weighted by Gasteiger charge is -2.34. The van der Waals surface area contributed by atoms with E-state index in [9.17, 15) is 18.0 Å². The summed E-state index contributed by atoms with van der Waals surface area (Å²) in [5, 5.41) is 3.34. The monoisotopic (exact) mass is 555 g/mol. The maximum Gasteiger partial charge on any atom is 0.244 e. The molecule has 1 atom stereocenters. The average molecular weight is 556 g/mol. The largest absolute Gasteiger partial charge is 0.355 e. The summed E-state index contributed by atoms with van der Waals surface area (Å²) in [5.74, 6) is -0.812. The van der Waals surface area contributed by atoms with E-state index in [0.717, 1.165) is 32.8 Å². The molecule has 0 fully saturated rings. The van der Waals surface area contributed by atoms with E-state index in [1.165, 1.54) is 4.90 Å². The molecule has 0 unspecified atom stereocenters. The molecule has 2 amide bonds. The van der Waals surface area contributed by atoms with E-state index >= 15 is 0 Å². The summed E-state index contributed by atoms with van der Waals surface area (Å²) in [5.41, 5.74) is 3.70. The van der Waals surface area contributed by atoms with Gasteiger partial charge in [-0.1, -0.05) is 66.2 Å². The zero-order valence-electron chi connectivity index (χ0n) is 22.1. The number of hydrogen-bond acceptors (Lipinski definition) is 4. The summed E-state index contributed by atoms with van der Waals surface area (Å²) >= 11 is 6.22. The molecule has 0 bridgehead atoms. The maximum absolute atomic E-state index is 14.0. The van der Waals surface area contributed by atoms with Crippen molar-refractivity contribution in [2.75, 3.05) is 23.7 Å². The van der Waals surface area contributed by atoms with E-state index in [-0.39, 0.29) is 18.9 Å². The fourth-order valence-electron chi connectivity index (χ4n) is 4.28. The molecule has 38 heavy (non-hydrogen) atoms. The molecule has 0 saturated heterocycles. The third kappa shape index (κ3) is 7.58. The highest BCUT2D eigenvalue weighted by atomic mass is 35.5. The quantitative estimate of drug-likeness (QED) is 0.377. The molecular weight excluding hydrogens is 522 g/mol.